The molecule has 5 heteroatoms. The molecule has 0 aliphatic heterocycles. The lowest BCUT2D eigenvalue weighted by molar-refractivity contribution is 0.409. The Labute approximate surface area is 129 Å². The first-order valence-electron chi connectivity index (χ1n) is 5.82. The van der Waals surface area contributed by atoms with Crippen molar-refractivity contribution < 1.29 is 4.74 Å². The predicted molar refractivity (Wildman–Crippen MR) is 83.2 cm³/mol. The maximum atomic E-state index is 5.28. The lowest BCUT2D eigenvalue weighted by atomic mass is 10.2. The number of nitrogens with zero attached hydrogens (tertiary/aromatic N) is 1. The monoisotopic (exact) mass is 384 g/mol. The zero-order valence-corrected chi connectivity index (χ0v) is 13.7. The van der Waals surface area contributed by atoms with Crippen molar-refractivity contribution in [3.8, 4) is 5.75 Å². The summed E-state index contributed by atoms with van der Waals surface area (Å²) in [5, 5.41) is 3.39. The van der Waals surface area contributed by atoms with Gasteiger partial charge in [-0.1, -0.05) is 6.07 Å². The topological polar surface area (TPSA) is 34.1 Å². The first kappa shape index (κ1) is 14.5. The fourth-order valence-corrected chi connectivity index (χ4v) is 3.37. The van der Waals surface area contributed by atoms with Crippen molar-refractivity contribution in [2.75, 3.05) is 7.11 Å². The van der Waals surface area contributed by atoms with Crippen molar-refractivity contribution in [2.24, 2.45) is 0 Å². The number of hydrogen-bond donors (Lipinski definition) is 1. The summed E-state index contributed by atoms with van der Waals surface area (Å²) in [6.45, 7) is 1.59. The van der Waals surface area contributed by atoms with Gasteiger partial charge in [0.2, 0.25) is 0 Å². The molecule has 1 heterocycles. The van der Waals surface area contributed by atoms with Gasteiger partial charge in [-0.05, 0) is 61.2 Å². The van der Waals surface area contributed by atoms with Gasteiger partial charge in [0.1, 0.15) is 5.75 Å². The second kappa shape index (κ2) is 7.03. The van der Waals surface area contributed by atoms with Crippen LogP contribution in [0.2, 0.25) is 0 Å². The van der Waals surface area contributed by atoms with E-state index in [0.29, 0.717) is 0 Å². The highest BCUT2D eigenvalue weighted by molar-refractivity contribution is 9.11. The van der Waals surface area contributed by atoms with Crippen LogP contribution in [0.1, 0.15) is 11.1 Å². The molecule has 0 saturated heterocycles. The van der Waals surface area contributed by atoms with Crippen LogP contribution < -0.4 is 10.1 Å². The van der Waals surface area contributed by atoms with Crippen LogP contribution in [0.25, 0.3) is 0 Å². The summed E-state index contributed by atoms with van der Waals surface area (Å²) in [6.07, 6.45) is 3.65. The maximum absolute atomic E-state index is 5.28. The van der Waals surface area contributed by atoms with Crippen LogP contribution >= 0.6 is 31.9 Å². The SMILES string of the molecule is COc1c(Br)cc(CNCc2cccnc2)cc1Br. The Morgan fingerprint density at radius 1 is 1.16 bits per heavy atom. The van der Waals surface area contributed by atoms with Gasteiger partial charge in [0.15, 0.2) is 0 Å². The molecule has 0 bridgehead atoms. The molecule has 0 radical (unpaired) electrons. The number of hydrogen-bond acceptors (Lipinski definition) is 3. The summed E-state index contributed by atoms with van der Waals surface area (Å²) in [4.78, 5) is 4.09. The van der Waals surface area contributed by atoms with Crippen molar-refractivity contribution in [1.82, 2.24) is 10.3 Å². The van der Waals surface area contributed by atoms with Gasteiger partial charge in [0.05, 0.1) is 16.1 Å². The second-order valence-corrected chi connectivity index (χ2v) is 5.77. The highest BCUT2D eigenvalue weighted by atomic mass is 79.9. The van der Waals surface area contributed by atoms with Crippen LogP contribution in [0.3, 0.4) is 0 Å². The lowest BCUT2D eigenvalue weighted by Gasteiger charge is -2.10. The number of halogens is 2. The third kappa shape index (κ3) is 4.03. The van der Waals surface area contributed by atoms with Crippen LogP contribution in [0, 0.1) is 0 Å². The Hall–Kier alpha value is -0.910. The van der Waals surface area contributed by atoms with E-state index in [4.69, 9.17) is 4.74 Å². The summed E-state index contributed by atoms with van der Waals surface area (Å²) in [5.41, 5.74) is 2.36. The predicted octanol–water partition coefficient (Wildman–Crippen LogP) is 3.91. The molecule has 100 valence electrons. The quantitative estimate of drug-likeness (QED) is 0.847. The van der Waals surface area contributed by atoms with Crippen molar-refractivity contribution >= 4 is 31.9 Å². The third-order valence-electron chi connectivity index (χ3n) is 2.64. The minimum atomic E-state index is 0.788. The molecule has 0 unspecified atom stereocenters. The fourth-order valence-electron chi connectivity index (χ4n) is 1.76. The molecule has 2 aromatic rings. The molecule has 0 aliphatic carbocycles. The number of ether oxygens (including phenoxy) is 1. The molecule has 1 aromatic carbocycles. The van der Waals surface area contributed by atoms with Gasteiger partial charge in [0.25, 0.3) is 0 Å². The highest BCUT2D eigenvalue weighted by Gasteiger charge is 2.07. The van der Waals surface area contributed by atoms with Gasteiger partial charge in [-0.2, -0.15) is 0 Å². The van der Waals surface area contributed by atoms with Crippen LogP contribution in [-0.4, -0.2) is 12.1 Å². The Bertz CT molecular complexity index is 523. The summed E-state index contributed by atoms with van der Waals surface area (Å²) >= 11 is 7.00. The van der Waals surface area contributed by atoms with Gasteiger partial charge in [0, 0.05) is 25.5 Å². The van der Waals surface area contributed by atoms with Crippen molar-refractivity contribution in [3.05, 3.63) is 56.7 Å². The number of methoxy groups -OCH3 is 1. The van der Waals surface area contributed by atoms with Crippen molar-refractivity contribution in [3.63, 3.8) is 0 Å². The number of aromatic nitrogens is 1. The summed E-state index contributed by atoms with van der Waals surface area (Å²) in [5.74, 6) is 0.816. The maximum Gasteiger partial charge on any atom is 0.147 e. The summed E-state index contributed by atoms with van der Waals surface area (Å²) in [7, 11) is 1.66. The molecule has 1 aromatic heterocycles. The molecule has 0 fully saturated rings. The van der Waals surface area contributed by atoms with E-state index in [1.807, 2.05) is 12.3 Å². The Morgan fingerprint density at radius 2 is 1.84 bits per heavy atom. The van der Waals surface area contributed by atoms with E-state index >= 15 is 0 Å². The average molecular weight is 386 g/mol. The van der Waals surface area contributed by atoms with Gasteiger partial charge in [-0.3, -0.25) is 4.98 Å². The molecule has 0 spiro atoms. The average Bonchev–Trinajstić information content (AvgIpc) is 2.40. The summed E-state index contributed by atoms with van der Waals surface area (Å²) in [6, 6.07) is 8.11. The Kier molecular flexibility index (Phi) is 5.36. The zero-order valence-electron chi connectivity index (χ0n) is 10.5. The standard InChI is InChI=1S/C14H14Br2N2O/c1-19-14-12(15)5-11(6-13(14)16)9-18-8-10-3-2-4-17-7-10/h2-7,18H,8-9H2,1H3. The molecule has 2 rings (SSSR count). The fraction of sp³-hybridized carbons (Fsp3) is 0.214. The minimum Gasteiger partial charge on any atom is -0.494 e. The number of rotatable bonds is 5. The molecule has 0 saturated carbocycles. The van der Waals surface area contributed by atoms with Gasteiger partial charge < -0.3 is 10.1 Å². The van der Waals surface area contributed by atoms with E-state index in [9.17, 15) is 0 Å². The second-order valence-electron chi connectivity index (χ2n) is 4.06. The van der Waals surface area contributed by atoms with Crippen LogP contribution in [0.15, 0.2) is 45.6 Å². The van der Waals surface area contributed by atoms with E-state index in [1.165, 1.54) is 11.1 Å². The molecule has 0 aliphatic rings. The van der Waals surface area contributed by atoms with Crippen LogP contribution in [0.5, 0.6) is 5.75 Å². The van der Waals surface area contributed by atoms with E-state index < -0.39 is 0 Å². The summed E-state index contributed by atoms with van der Waals surface area (Å²) < 4.78 is 7.18. The number of pyridine rings is 1. The Morgan fingerprint density at radius 3 is 2.42 bits per heavy atom. The van der Waals surface area contributed by atoms with Gasteiger partial charge in [-0.25, -0.2) is 0 Å². The van der Waals surface area contributed by atoms with E-state index in [-0.39, 0.29) is 0 Å². The largest absolute Gasteiger partial charge is 0.494 e. The van der Waals surface area contributed by atoms with Crippen LogP contribution in [0.4, 0.5) is 0 Å². The molecule has 3 nitrogen and oxygen atoms in total. The molecular formula is C14H14Br2N2O. The van der Waals surface area contributed by atoms with Crippen molar-refractivity contribution in [1.29, 1.82) is 0 Å². The number of benzene rings is 1. The first-order valence-corrected chi connectivity index (χ1v) is 7.41. The minimum absolute atomic E-state index is 0.788. The van der Waals surface area contributed by atoms with E-state index in [2.05, 4.69) is 60.4 Å². The smallest absolute Gasteiger partial charge is 0.147 e. The first-order chi connectivity index (χ1) is 9.20. The third-order valence-corrected chi connectivity index (χ3v) is 3.82. The molecule has 1 N–H and O–H groups in total. The Balaban J connectivity index is 1.97. The van der Waals surface area contributed by atoms with Gasteiger partial charge >= 0.3 is 0 Å². The normalized spacial score (nSPS) is 10.5. The van der Waals surface area contributed by atoms with E-state index in [1.54, 1.807) is 13.3 Å². The van der Waals surface area contributed by atoms with Gasteiger partial charge in [-0.15, -0.1) is 0 Å². The molecule has 19 heavy (non-hydrogen) atoms. The number of nitrogens with one attached hydrogen (secondary N) is 1. The van der Waals surface area contributed by atoms with Crippen LogP contribution in [-0.2, 0) is 13.1 Å². The zero-order chi connectivity index (χ0) is 13.7. The highest BCUT2D eigenvalue weighted by Crippen LogP contribution is 2.34. The van der Waals surface area contributed by atoms with E-state index in [0.717, 1.165) is 27.8 Å². The lowest BCUT2D eigenvalue weighted by Crippen LogP contribution is -2.12. The molecule has 0 amide bonds. The van der Waals surface area contributed by atoms with Crippen molar-refractivity contribution in [2.45, 2.75) is 13.1 Å². The molecule has 0 atom stereocenters. The molecular weight excluding hydrogens is 372 g/mol.